The van der Waals surface area contributed by atoms with Crippen molar-refractivity contribution in [2.24, 2.45) is 0 Å². The van der Waals surface area contributed by atoms with Crippen LogP contribution < -0.4 is 4.72 Å². The van der Waals surface area contributed by atoms with Crippen molar-refractivity contribution >= 4 is 44.9 Å². The Bertz CT molecular complexity index is 1290. The largest absolute Gasteiger partial charge is 0.505 e. The van der Waals surface area contributed by atoms with Gasteiger partial charge in [0.1, 0.15) is 0 Å². The van der Waals surface area contributed by atoms with Crippen molar-refractivity contribution in [1.29, 1.82) is 5.26 Å². The Balaban J connectivity index is 2.36. The van der Waals surface area contributed by atoms with Crippen molar-refractivity contribution in [3.05, 3.63) is 87.9 Å². The maximum atomic E-state index is 12.9. The summed E-state index contributed by atoms with van der Waals surface area (Å²) in [5.74, 6) is -2.30. The molecule has 10 heteroatoms. The standard InChI is InChI=1S/C21H14Cl2N2O5S/c22-15-11-16(25-31(29,30)14-9-5-2-6-10-14)17(18(23)19(15)26)21(12-24,20(27)28)13-7-3-1-4-8-13/h1-11,25-26H,(H,27,28). The molecule has 158 valence electrons. The van der Waals surface area contributed by atoms with Crippen LogP contribution in [0, 0.1) is 11.3 Å². The lowest BCUT2D eigenvalue weighted by molar-refractivity contribution is -0.140. The van der Waals surface area contributed by atoms with Gasteiger partial charge in [0.15, 0.2) is 5.75 Å². The van der Waals surface area contributed by atoms with Gasteiger partial charge < -0.3 is 10.2 Å². The third kappa shape index (κ3) is 3.91. The predicted octanol–water partition coefficient (Wildman–Crippen LogP) is 4.39. The second-order valence-corrected chi connectivity index (χ2v) is 8.86. The number of aromatic hydroxyl groups is 1. The fourth-order valence-corrected chi connectivity index (χ4v) is 4.77. The number of phenols is 1. The minimum absolute atomic E-state index is 0.00813. The monoisotopic (exact) mass is 476 g/mol. The summed E-state index contributed by atoms with van der Waals surface area (Å²) in [6, 6.07) is 17.5. The predicted molar refractivity (Wildman–Crippen MR) is 116 cm³/mol. The highest BCUT2D eigenvalue weighted by Gasteiger charge is 2.47. The molecule has 3 aromatic rings. The zero-order valence-corrected chi connectivity index (χ0v) is 17.9. The fourth-order valence-electron chi connectivity index (χ4n) is 3.09. The Labute approximate surface area is 188 Å². The second-order valence-electron chi connectivity index (χ2n) is 6.40. The molecule has 3 N–H and O–H groups in total. The highest BCUT2D eigenvalue weighted by molar-refractivity contribution is 7.92. The van der Waals surface area contributed by atoms with Gasteiger partial charge in [0, 0.05) is 5.56 Å². The highest BCUT2D eigenvalue weighted by Crippen LogP contribution is 2.48. The molecule has 0 aliphatic rings. The van der Waals surface area contributed by atoms with Crippen LogP contribution in [0.5, 0.6) is 5.75 Å². The zero-order valence-electron chi connectivity index (χ0n) is 15.6. The van der Waals surface area contributed by atoms with E-state index in [2.05, 4.69) is 4.72 Å². The van der Waals surface area contributed by atoms with E-state index >= 15 is 0 Å². The molecule has 1 atom stereocenters. The normalized spacial score (nSPS) is 13.1. The number of hydrogen-bond donors (Lipinski definition) is 3. The lowest BCUT2D eigenvalue weighted by Gasteiger charge is -2.27. The molecular formula is C21H14Cl2N2O5S. The van der Waals surface area contributed by atoms with Gasteiger partial charge in [-0.15, -0.1) is 0 Å². The number of benzene rings is 3. The average molecular weight is 477 g/mol. The lowest BCUT2D eigenvalue weighted by Crippen LogP contribution is -2.37. The first kappa shape index (κ1) is 22.4. The topological polar surface area (TPSA) is 127 Å². The number of anilines is 1. The third-order valence-corrected chi connectivity index (χ3v) is 6.60. The molecule has 0 radical (unpaired) electrons. The number of phenolic OH excluding ortho intramolecular Hbond substituents is 1. The van der Waals surface area contributed by atoms with Crippen LogP contribution in [0.3, 0.4) is 0 Å². The van der Waals surface area contributed by atoms with Crippen molar-refractivity contribution in [2.75, 3.05) is 4.72 Å². The molecule has 3 rings (SSSR count). The summed E-state index contributed by atoms with van der Waals surface area (Å²) in [6.45, 7) is 0. The minimum atomic E-state index is -4.21. The Morgan fingerprint density at radius 1 is 1.03 bits per heavy atom. The maximum absolute atomic E-state index is 12.9. The first-order valence-corrected chi connectivity index (χ1v) is 10.9. The Kier molecular flexibility index (Phi) is 6.13. The molecule has 0 amide bonds. The van der Waals surface area contributed by atoms with Crippen LogP contribution in [0.25, 0.3) is 0 Å². The number of carboxylic acid groups (broad SMARTS) is 1. The quantitative estimate of drug-likeness (QED) is 0.452. The smallest absolute Gasteiger partial charge is 0.333 e. The molecule has 7 nitrogen and oxygen atoms in total. The molecule has 0 saturated carbocycles. The first-order chi connectivity index (χ1) is 14.6. The third-order valence-electron chi connectivity index (χ3n) is 4.56. The van der Waals surface area contributed by atoms with Crippen LogP contribution >= 0.6 is 23.2 Å². The second kappa shape index (κ2) is 8.47. The summed E-state index contributed by atoms with van der Waals surface area (Å²) >= 11 is 12.2. The molecule has 0 aliphatic heterocycles. The highest BCUT2D eigenvalue weighted by atomic mass is 35.5. The van der Waals surface area contributed by atoms with Crippen LogP contribution in [0.1, 0.15) is 11.1 Å². The number of carbonyl (C=O) groups is 1. The Hall–Kier alpha value is -3.25. The van der Waals surface area contributed by atoms with Gasteiger partial charge in [-0.05, 0) is 23.8 Å². The lowest BCUT2D eigenvalue weighted by atomic mass is 9.75. The number of nitrogens with one attached hydrogen (secondary N) is 1. The summed E-state index contributed by atoms with van der Waals surface area (Å²) in [6.07, 6.45) is 0. The molecule has 1 unspecified atom stereocenters. The van der Waals surface area contributed by atoms with Crippen LogP contribution in [0.2, 0.25) is 10.0 Å². The molecule has 0 aliphatic carbocycles. The molecule has 0 spiro atoms. The summed E-state index contributed by atoms with van der Waals surface area (Å²) < 4.78 is 28.0. The molecule has 31 heavy (non-hydrogen) atoms. The van der Waals surface area contributed by atoms with E-state index in [4.69, 9.17) is 23.2 Å². The number of sulfonamides is 1. The van der Waals surface area contributed by atoms with Crippen LogP contribution in [-0.2, 0) is 20.2 Å². The van der Waals surface area contributed by atoms with Gasteiger partial charge in [-0.2, -0.15) is 5.26 Å². The van der Waals surface area contributed by atoms with Crippen molar-refractivity contribution in [1.82, 2.24) is 0 Å². The van der Waals surface area contributed by atoms with Crippen molar-refractivity contribution in [2.45, 2.75) is 10.3 Å². The summed E-state index contributed by atoms with van der Waals surface area (Å²) in [5, 5.41) is 29.5. The van der Waals surface area contributed by atoms with E-state index in [1.165, 1.54) is 48.5 Å². The molecule has 0 saturated heterocycles. The van der Waals surface area contributed by atoms with Gasteiger partial charge >= 0.3 is 5.97 Å². The fraction of sp³-hybridized carbons (Fsp3) is 0.0476. The number of aliphatic carboxylic acids is 1. The van der Waals surface area contributed by atoms with E-state index in [1.807, 2.05) is 0 Å². The minimum Gasteiger partial charge on any atom is -0.505 e. The summed E-state index contributed by atoms with van der Waals surface area (Å²) in [4.78, 5) is 12.3. The van der Waals surface area contributed by atoms with Gasteiger partial charge in [0.05, 0.1) is 26.7 Å². The van der Waals surface area contributed by atoms with Crippen LogP contribution in [-0.4, -0.2) is 24.6 Å². The summed E-state index contributed by atoms with van der Waals surface area (Å²) in [5.41, 5.74) is -3.26. The van der Waals surface area contributed by atoms with Gasteiger partial charge in [-0.1, -0.05) is 71.7 Å². The zero-order chi connectivity index (χ0) is 22.8. The SMILES string of the molecule is N#CC(C(=O)O)(c1ccccc1)c1c(NS(=O)(=O)c2ccccc2)cc(Cl)c(O)c1Cl. The molecular weight excluding hydrogens is 463 g/mol. The van der Waals surface area contributed by atoms with Crippen LogP contribution in [0.15, 0.2) is 71.6 Å². The van der Waals surface area contributed by atoms with Crippen molar-refractivity contribution in [3.63, 3.8) is 0 Å². The van der Waals surface area contributed by atoms with Gasteiger partial charge in [0.2, 0.25) is 5.41 Å². The number of rotatable bonds is 6. The molecule has 0 fully saturated rings. The first-order valence-electron chi connectivity index (χ1n) is 8.64. The van der Waals surface area contributed by atoms with E-state index in [1.54, 1.807) is 18.2 Å². The van der Waals surface area contributed by atoms with Gasteiger partial charge in [-0.3, -0.25) is 4.72 Å². The molecule has 3 aromatic carbocycles. The van der Waals surface area contributed by atoms with E-state index in [0.717, 1.165) is 6.07 Å². The summed E-state index contributed by atoms with van der Waals surface area (Å²) in [7, 11) is -4.21. The van der Waals surface area contributed by atoms with E-state index in [0.29, 0.717) is 0 Å². The number of halogens is 2. The van der Waals surface area contributed by atoms with E-state index < -0.39 is 37.7 Å². The molecule has 0 heterocycles. The van der Waals surface area contributed by atoms with Gasteiger partial charge in [0.25, 0.3) is 10.0 Å². The van der Waals surface area contributed by atoms with Gasteiger partial charge in [-0.25, -0.2) is 13.2 Å². The number of carboxylic acids is 1. The number of nitrogens with zero attached hydrogens (tertiary/aromatic N) is 1. The number of nitriles is 1. The van der Waals surface area contributed by atoms with E-state index in [-0.39, 0.29) is 21.2 Å². The van der Waals surface area contributed by atoms with Crippen molar-refractivity contribution in [3.8, 4) is 11.8 Å². The molecule has 0 bridgehead atoms. The van der Waals surface area contributed by atoms with Crippen molar-refractivity contribution < 1.29 is 23.4 Å². The average Bonchev–Trinajstić information content (AvgIpc) is 2.76. The molecule has 0 aromatic heterocycles. The van der Waals surface area contributed by atoms with E-state index in [9.17, 15) is 28.7 Å². The van der Waals surface area contributed by atoms with Crippen LogP contribution in [0.4, 0.5) is 5.69 Å². The Morgan fingerprint density at radius 2 is 1.58 bits per heavy atom. The Morgan fingerprint density at radius 3 is 2.10 bits per heavy atom. The maximum Gasteiger partial charge on any atom is 0.333 e. The number of hydrogen-bond acceptors (Lipinski definition) is 5.